The molecule has 0 aliphatic carbocycles. The van der Waals surface area contributed by atoms with Crippen molar-refractivity contribution in [2.45, 2.75) is 38.8 Å². The van der Waals surface area contributed by atoms with Crippen molar-refractivity contribution in [1.29, 1.82) is 0 Å². The molecular weight excluding hydrogens is 354 g/mol. The fourth-order valence-corrected chi connectivity index (χ4v) is 3.94. The number of carboxylic acids is 1. The van der Waals surface area contributed by atoms with Crippen LogP contribution in [0.2, 0.25) is 0 Å². The molecule has 6 nitrogen and oxygen atoms in total. The van der Waals surface area contributed by atoms with Crippen LogP contribution in [0.15, 0.2) is 53.3 Å². The van der Waals surface area contributed by atoms with Crippen LogP contribution in [0.5, 0.6) is 0 Å². The third kappa shape index (κ3) is 3.68. The van der Waals surface area contributed by atoms with Crippen molar-refractivity contribution in [2.75, 3.05) is 6.54 Å². The molecule has 0 bridgehead atoms. The Kier molecular flexibility index (Phi) is 5.21. The number of carboxylic acid groups (broad SMARTS) is 1. The number of carbonyl (C=O) groups is 1. The number of likely N-dealkylation sites (tertiary alicyclic amines) is 1. The molecule has 1 aromatic carbocycles. The van der Waals surface area contributed by atoms with Gasteiger partial charge in [0, 0.05) is 11.8 Å². The van der Waals surface area contributed by atoms with E-state index in [1.807, 2.05) is 24.4 Å². The van der Waals surface area contributed by atoms with Gasteiger partial charge < -0.3 is 9.52 Å². The van der Waals surface area contributed by atoms with E-state index in [1.165, 1.54) is 6.42 Å². The molecule has 3 heterocycles. The lowest BCUT2D eigenvalue weighted by atomic mass is 9.97. The smallest absolute Gasteiger partial charge is 0.336 e. The first kappa shape index (κ1) is 18.4. The second-order valence-electron chi connectivity index (χ2n) is 7.19. The topological polar surface area (TPSA) is 79.5 Å². The van der Waals surface area contributed by atoms with Crippen molar-refractivity contribution in [3.63, 3.8) is 0 Å². The van der Waals surface area contributed by atoms with Gasteiger partial charge in [0.15, 0.2) is 0 Å². The molecule has 0 amide bonds. The highest BCUT2D eigenvalue weighted by Crippen LogP contribution is 2.33. The van der Waals surface area contributed by atoms with Gasteiger partial charge in [-0.3, -0.25) is 4.90 Å². The molecule has 1 saturated heterocycles. The minimum Gasteiger partial charge on any atom is -0.478 e. The SMILES string of the molecule is Cc1cncnc1[C@@H]1CCCCN1Cc1ccc(-c2ccccc2C(=O)O)o1. The molecule has 4 rings (SSSR count). The van der Waals surface area contributed by atoms with Crippen LogP contribution in [-0.4, -0.2) is 32.5 Å². The van der Waals surface area contributed by atoms with Gasteiger partial charge in [-0.15, -0.1) is 0 Å². The van der Waals surface area contributed by atoms with Gasteiger partial charge in [0.25, 0.3) is 0 Å². The lowest BCUT2D eigenvalue weighted by Crippen LogP contribution is -2.33. The lowest BCUT2D eigenvalue weighted by molar-refractivity contribution is 0.0697. The molecule has 2 aromatic heterocycles. The van der Waals surface area contributed by atoms with Gasteiger partial charge in [-0.25, -0.2) is 14.8 Å². The van der Waals surface area contributed by atoms with Crippen molar-refractivity contribution in [1.82, 2.24) is 14.9 Å². The molecule has 28 heavy (non-hydrogen) atoms. The maximum absolute atomic E-state index is 11.5. The Hall–Kier alpha value is -2.99. The van der Waals surface area contributed by atoms with Crippen LogP contribution in [-0.2, 0) is 6.54 Å². The Bertz CT molecular complexity index is 982. The minimum absolute atomic E-state index is 0.246. The molecular formula is C22H23N3O3. The molecule has 0 radical (unpaired) electrons. The van der Waals surface area contributed by atoms with E-state index in [0.29, 0.717) is 17.9 Å². The number of nitrogens with zero attached hydrogens (tertiary/aromatic N) is 3. The third-order valence-electron chi connectivity index (χ3n) is 5.31. The Labute approximate surface area is 163 Å². The normalized spacial score (nSPS) is 17.5. The number of aryl methyl sites for hydroxylation is 1. The number of aromatic carboxylic acids is 1. The molecule has 1 aliphatic rings. The number of benzene rings is 1. The summed E-state index contributed by atoms with van der Waals surface area (Å²) in [5, 5.41) is 9.42. The molecule has 6 heteroatoms. The third-order valence-corrected chi connectivity index (χ3v) is 5.31. The van der Waals surface area contributed by atoms with Gasteiger partial charge in [-0.1, -0.05) is 24.6 Å². The van der Waals surface area contributed by atoms with Crippen LogP contribution >= 0.6 is 0 Å². The van der Waals surface area contributed by atoms with Crippen LogP contribution in [0.3, 0.4) is 0 Å². The number of furan rings is 1. The number of piperidine rings is 1. The van der Waals surface area contributed by atoms with Crippen molar-refractivity contribution < 1.29 is 14.3 Å². The zero-order chi connectivity index (χ0) is 19.5. The van der Waals surface area contributed by atoms with Crippen molar-refractivity contribution >= 4 is 5.97 Å². The quantitative estimate of drug-likeness (QED) is 0.707. The summed E-state index contributed by atoms with van der Waals surface area (Å²) in [5.41, 5.74) is 3.03. The summed E-state index contributed by atoms with van der Waals surface area (Å²) in [5.74, 6) is 0.456. The number of hydrogen-bond acceptors (Lipinski definition) is 5. The molecule has 1 atom stereocenters. The summed E-state index contributed by atoms with van der Waals surface area (Å²) in [7, 11) is 0. The molecule has 0 saturated carbocycles. The van der Waals surface area contributed by atoms with Gasteiger partial charge >= 0.3 is 5.97 Å². The Morgan fingerprint density at radius 2 is 2.11 bits per heavy atom. The van der Waals surface area contributed by atoms with Gasteiger partial charge in [0.05, 0.1) is 23.8 Å². The van der Waals surface area contributed by atoms with Gasteiger partial charge in [0.1, 0.15) is 17.8 Å². The highest BCUT2D eigenvalue weighted by atomic mass is 16.4. The predicted octanol–water partition coefficient (Wildman–Crippen LogP) is 4.47. The first-order valence-electron chi connectivity index (χ1n) is 9.55. The standard InChI is InChI=1S/C22H23N3O3/c1-15-12-23-14-24-21(15)19-8-4-5-11-25(19)13-16-9-10-20(28-16)17-6-2-3-7-18(17)22(26)27/h2-3,6-7,9-10,12,14,19H,4-5,8,11,13H2,1H3,(H,26,27)/t19-/m0/s1. The summed E-state index contributed by atoms with van der Waals surface area (Å²) < 4.78 is 6.04. The first-order chi connectivity index (χ1) is 13.6. The average Bonchev–Trinajstić information content (AvgIpc) is 3.17. The number of hydrogen-bond donors (Lipinski definition) is 1. The van der Waals surface area contributed by atoms with Crippen LogP contribution in [0.25, 0.3) is 11.3 Å². The van der Waals surface area contributed by atoms with E-state index < -0.39 is 5.97 Å². The monoisotopic (exact) mass is 377 g/mol. The summed E-state index contributed by atoms with van der Waals surface area (Å²) >= 11 is 0. The fraction of sp³-hybridized carbons (Fsp3) is 0.318. The van der Waals surface area contributed by atoms with E-state index in [-0.39, 0.29) is 11.6 Å². The zero-order valence-electron chi connectivity index (χ0n) is 15.8. The number of aromatic nitrogens is 2. The summed E-state index contributed by atoms with van der Waals surface area (Å²) in [4.78, 5) is 22.5. The van der Waals surface area contributed by atoms with Crippen LogP contribution in [0.1, 0.15) is 52.7 Å². The summed E-state index contributed by atoms with van der Waals surface area (Å²) in [6.07, 6.45) is 6.87. The van der Waals surface area contributed by atoms with Crippen molar-refractivity contribution in [3.05, 3.63) is 71.5 Å². The van der Waals surface area contributed by atoms with Crippen LogP contribution in [0.4, 0.5) is 0 Å². The van der Waals surface area contributed by atoms with E-state index in [9.17, 15) is 9.90 Å². The molecule has 3 aromatic rings. The summed E-state index contributed by atoms with van der Waals surface area (Å²) in [6, 6.07) is 11.0. The Morgan fingerprint density at radius 3 is 2.93 bits per heavy atom. The van der Waals surface area contributed by atoms with Crippen LogP contribution in [0, 0.1) is 6.92 Å². The highest BCUT2D eigenvalue weighted by molar-refractivity contribution is 5.95. The molecule has 1 N–H and O–H groups in total. The highest BCUT2D eigenvalue weighted by Gasteiger charge is 2.27. The predicted molar refractivity (Wildman–Crippen MR) is 105 cm³/mol. The molecule has 144 valence electrons. The first-order valence-corrected chi connectivity index (χ1v) is 9.55. The molecule has 1 aliphatic heterocycles. The van der Waals surface area contributed by atoms with E-state index >= 15 is 0 Å². The van der Waals surface area contributed by atoms with Gasteiger partial charge in [-0.2, -0.15) is 0 Å². The maximum atomic E-state index is 11.5. The van der Waals surface area contributed by atoms with E-state index in [1.54, 1.807) is 24.5 Å². The average molecular weight is 377 g/mol. The van der Waals surface area contributed by atoms with Crippen molar-refractivity contribution in [3.8, 4) is 11.3 Å². The van der Waals surface area contributed by atoms with Gasteiger partial charge in [0.2, 0.25) is 0 Å². The second-order valence-corrected chi connectivity index (χ2v) is 7.19. The number of rotatable bonds is 5. The summed E-state index contributed by atoms with van der Waals surface area (Å²) in [6.45, 7) is 3.70. The zero-order valence-corrected chi connectivity index (χ0v) is 15.8. The Morgan fingerprint density at radius 1 is 1.25 bits per heavy atom. The lowest BCUT2D eigenvalue weighted by Gasteiger charge is -2.35. The van der Waals surface area contributed by atoms with E-state index in [0.717, 1.165) is 36.4 Å². The molecule has 0 spiro atoms. The maximum Gasteiger partial charge on any atom is 0.336 e. The van der Waals surface area contributed by atoms with Gasteiger partial charge in [-0.05, 0) is 50.1 Å². The molecule has 0 unspecified atom stereocenters. The minimum atomic E-state index is -0.955. The second kappa shape index (κ2) is 7.94. The van der Waals surface area contributed by atoms with Crippen LogP contribution < -0.4 is 0 Å². The molecule has 1 fully saturated rings. The van der Waals surface area contributed by atoms with Crippen molar-refractivity contribution in [2.24, 2.45) is 0 Å². The fourth-order valence-electron chi connectivity index (χ4n) is 3.94. The van der Waals surface area contributed by atoms with E-state index in [4.69, 9.17) is 4.42 Å². The van der Waals surface area contributed by atoms with E-state index in [2.05, 4.69) is 21.8 Å². The Balaban J connectivity index is 1.58. The largest absolute Gasteiger partial charge is 0.478 e.